The van der Waals surface area contributed by atoms with Crippen molar-refractivity contribution < 1.29 is 19.4 Å². The maximum Gasteiger partial charge on any atom is 0.411 e. The summed E-state index contributed by atoms with van der Waals surface area (Å²) in [6.07, 6.45) is -1.09. The van der Waals surface area contributed by atoms with Gasteiger partial charge < -0.3 is 15.6 Å². The minimum Gasteiger partial charge on any atom is -0.465 e. The van der Waals surface area contributed by atoms with Gasteiger partial charge in [0.2, 0.25) is 0 Å². The number of hydrogen-bond acceptors (Lipinski definition) is 4. The summed E-state index contributed by atoms with van der Waals surface area (Å²) in [4.78, 5) is 24.7. The molecule has 114 valence electrons. The van der Waals surface area contributed by atoms with Gasteiger partial charge in [0, 0.05) is 12.2 Å². The highest BCUT2D eigenvalue weighted by Crippen LogP contribution is 2.38. The fourth-order valence-corrected chi connectivity index (χ4v) is 2.25. The highest BCUT2D eigenvalue weighted by atomic mass is 16.5. The van der Waals surface area contributed by atoms with Crippen LogP contribution in [-0.4, -0.2) is 30.3 Å². The Morgan fingerprint density at radius 1 is 1.43 bits per heavy atom. The van der Waals surface area contributed by atoms with Gasteiger partial charge in [-0.15, -0.1) is 0 Å². The normalized spacial score (nSPS) is 17.5. The average Bonchev–Trinajstić information content (AvgIpc) is 2.73. The lowest BCUT2D eigenvalue weighted by Crippen LogP contribution is -2.31. The molecule has 2 rings (SSSR count). The number of carbonyl (C=O) groups excluding carboxylic acids is 1. The van der Waals surface area contributed by atoms with Gasteiger partial charge in [-0.2, -0.15) is 0 Å². The summed E-state index contributed by atoms with van der Waals surface area (Å²) >= 11 is 0. The standard InChI is InChI=1S/C15H20N2O4/c1-15(2,3)8-21-13(18)11-7-17(14(19)20)12-5-4-9(16)6-10(11)12/h4-6,11H,7-8,16H2,1-3H3,(H,19,20). The first-order valence-electron chi connectivity index (χ1n) is 6.75. The number of hydrogen-bond donors (Lipinski definition) is 2. The number of nitrogen functional groups attached to an aromatic ring is 1. The molecule has 0 spiro atoms. The van der Waals surface area contributed by atoms with Crippen LogP contribution in [-0.2, 0) is 9.53 Å². The molecule has 0 fully saturated rings. The first-order chi connectivity index (χ1) is 9.69. The predicted molar refractivity (Wildman–Crippen MR) is 79.4 cm³/mol. The lowest BCUT2D eigenvalue weighted by molar-refractivity contribution is -0.147. The van der Waals surface area contributed by atoms with Gasteiger partial charge in [0.25, 0.3) is 0 Å². The van der Waals surface area contributed by atoms with Crippen LogP contribution in [0.2, 0.25) is 0 Å². The molecule has 3 N–H and O–H groups in total. The van der Waals surface area contributed by atoms with Crippen LogP contribution in [0.5, 0.6) is 0 Å². The maximum atomic E-state index is 12.3. The Bertz CT molecular complexity index is 578. The third-order valence-corrected chi connectivity index (χ3v) is 3.25. The van der Waals surface area contributed by atoms with E-state index < -0.39 is 18.0 Å². The maximum absolute atomic E-state index is 12.3. The third-order valence-electron chi connectivity index (χ3n) is 3.25. The number of esters is 1. The highest BCUT2D eigenvalue weighted by molar-refractivity contribution is 5.95. The molecule has 1 aliphatic rings. The zero-order valence-corrected chi connectivity index (χ0v) is 12.4. The Morgan fingerprint density at radius 3 is 2.67 bits per heavy atom. The summed E-state index contributed by atoms with van der Waals surface area (Å²) in [5.41, 5.74) is 7.20. The average molecular weight is 292 g/mol. The first kappa shape index (κ1) is 15.2. The number of carboxylic acid groups (broad SMARTS) is 1. The van der Waals surface area contributed by atoms with E-state index in [1.807, 2.05) is 20.8 Å². The molecule has 0 radical (unpaired) electrons. The molecule has 1 heterocycles. The SMILES string of the molecule is CC(C)(C)COC(=O)C1CN(C(=O)O)c2ccc(N)cc21. The van der Waals surface area contributed by atoms with Crippen LogP contribution in [0.4, 0.5) is 16.2 Å². The summed E-state index contributed by atoms with van der Waals surface area (Å²) < 4.78 is 5.32. The summed E-state index contributed by atoms with van der Waals surface area (Å²) in [6, 6.07) is 4.88. The highest BCUT2D eigenvalue weighted by Gasteiger charge is 2.38. The largest absolute Gasteiger partial charge is 0.465 e. The molecule has 0 aromatic heterocycles. The molecule has 6 nitrogen and oxygen atoms in total. The molecule has 1 amide bonds. The number of ether oxygens (including phenoxy) is 1. The number of carbonyl (C=O) groups is 2. The van der Waals surface area contributed by atoms with Gasteiger partial charge in [-0.1, -0.05) is 20.8 Å². The van der Waals surface area contributed by atoms with Gasteiger partial charge in [-0.3, -0.25) is 9.69 Å². The Hall–Kier alpha value is -2.24. The second kappa shape index (κ2) is 5.27. The Balaban J connectivity index is 2.25. The molecule has 1 aromatic rings. The molecule has 0 saturated carbocycles. The zero-order valence-electron chi connectivity index (χ0n) is 12.4. The second-order valence-electron chi connectivity index (χ2n) is 6.43. The van der Waals surface area contributed by atoms with E-state index in [-0.39, 0.29) is 18.6 Å². The number of fused-ring (bicyclic) bond motifs is 1. The van der Waals surface area contributed by atoms with E-state index in [2.05, 4.69) is 0 Å². The van der Waals surface area contributed by atoms with E-state index in [1.165, 1.54) is 0 Å². The van der Waals surface area contributed by atoms with E-state index in [0.29, 0.717) is 16.9 Å². The molecule has 1 aliphatic heterocycles. The fourth-order valence-electron chi connectivity index (χ4n) is 2.25. The van der Waals surface area contributed by atoms with Crippen LogP contribution in [0.1, 0.15) is 32.3 Å². The molecular formula is C15H20N2O4. The van der Waals surface area contributed by atoms with Crippen molar-refractivity contribution in [1.29, 1.82) is 0 Å². The van der Waals surface area contributed by atoms with E-state index in [4.69, 9.17) is 10.5 Å². The molecule has 6 heteroatoms. The minimum absolute atomic E-state index is 0.0666. The van der Waals surface area contributed by atoms with Crippen molar-refractivity contribution in [2.45, 2.75) is 26.7 Å². The summed E-state index contributed by atoms with van der Waals surface area (Å²) in [6.45, 7) is 6.24. The molecule has 1 aromatic carbocycles. The topological polar surface area (TPSA) is 92.9 Å². The van der Waals surface area contributed by atoms with Crippen molar-refractivity contribution in [2.24, 2.45) is 5.41 Å². The summed E-state index contributed by atoms with van der Waals surface area (Å²) in [5.74, 6) is -1.04. The second-order valence-corrected chi connectivity index (χ2v) is 6.43. The fraction of sp³-hybridized carbons (Fsp3) is 0.467. The number of amides is 1. The number of rotatable bonds is 2. The van der Waals surface area contributed by atoms with Crippen LogP contribution in [0.15, 0.2) is 18.2 Å². The van der Waals surface area contributed by atoms with E-state index in [9.17, 15) is 14.7 Å². The molecule has 0 bridgehead atoms. The molecule has 21 heavy (non-hydrogen) atoms. The van der Waals surface area contributed by atoms with Crippen LogP contribution >= 0.6 is 0 Å². The summed E-state index contributed by atoms with van der Waals surface area (Å²) in [5, 5.41) is 9.23. The summed E-state index contributed by atoms with van der Waals surface area (Å²) in [7, 11) is 0. The lowest BCUT2D eigenvalue weighted by atomic mass is 9.98. The van der Waals surface area contributed by atoms with Crippen LogP contribution in [0.25, 0.3) is 0 Å². The first-order valence-corrected chi connectivity index (χ1v) is 6.75. The van der Waals surface area contributed by atoms with Crippen LogP contribution in [0, 0.1) is 5.41 Å². The Kier molecular flexibility index (Phi) is 3.80. The van der Waals surface area contributed by atoms with Crippen molar-refractivity contribution in [1.82, 2.24) is 0 Å². The van der Waals surface area contributed by atoms with Crippen molar-refractivity contribution in [3.05, 3.63) is 23.8 Å². The van der Waals surface area contributed by atoms with Gasteiger partial charge in [-0.25, -0.2) is 4.79 Å². The van der Waals surface area contributed by atoms with E-state index >= 15 is 0 Å². The number of nitrogens with two attached hydrogens (primary N) is 1. The molecule has 1 unspecified atom stereocenters. The minimum atomic E-state index is -1.09. The quantitative estimate of drug-likeness (QED) is 0.645. The van der Waals surface area contributed by atoms with Crippen molar-refractivity contribution in [3.63, 3.8) is 0 Å². The van der Waals surface area contributed by atoms with Crippen molar-refractivity contribution in [3.8, 4) is 0 Å². The van der Waals surface area contributed by atoms with E-state index in [0.717, 1.165) is 4.90 Å². The van der Waals surface area contributed by atoms with Crippen molar-refractivity contribution >= 4 is 23.4 Å². The van der Waals surface area contributed by atoms with E-state index in [1.54, 1.807) is 18.2 Å². The van der Waals surface area contributed by atoms with Gasteiger partial charge in [-0.05, 0) is 29.2 Å². The lowest BCUT2D eigenvalue weighted by Gasteiger charge is -2.19. The number of anilines is 2. The Labute approximate surface area is 123 Å². The Morgan fingerprint density at radius 2 is 2.10 bits per heavy atom. The third kappa shape index (κ3) is 3.26. The molecule has 0 aliphatic carbocycles. The molecule has 0 saturated heterocycles. The molecule has 1 atom stereocenters. The van der Waals surface area contributed by atoms with Crippen LogP contribution in [0.3, 0.4) is 0 Å². The monoisotopic (exact) mass is 292 g/mol. The van der Waals surface area contributed by atoms with Gasteiger partial charge in [0.15, 0.2) is 0 Å². The predicted octanol–water partition coefficient (Wildman–Crippen LogP) is 2.44. The number of benzene rings is 1. The van der Waals surface area contributed by atoms with Crippen molar-refractivity contribution in [2.75, 3.05) is 23.8 Å². The van der Waals surface area contributed by atoms with Gasteiger partial charge >= 0.3 is 12.1 Å². The van der Waals surface area contributed by atoms with Gasteiger partial charge in [0.05, 0.1) is 12.3 Å². The molecular weight excluding hydrogens is 272 g/mol. The van der Waals surface area contributed by atoms with Crippen LogP contribution < -0.4 is 10.6 Å². The van der Waals surface area contributed by atoms with Gasteiger partial charge in [0.1, 0.15) is 5.92 Å². The zero-order chi connectivity index (χ0) is 15.8. The number of nitrogens with zero attached hydrogens (tertiary/aromatic N) is 1. The smallest absolute Gasteiger partial charge is 0.411 e.